The fourth-order valence-corrected chi connectivity index (χ4v) is 4.65. The average molecular weight is 578 g/mol. The molecule has 0 saturated heterocycles. The van der Waals surface area contributed by atoms with Crippen LogP contribution in [0.3, 0.4) is 0 Å². The van der Waals surface area contributed by atoms with Gasteiger partial charge in [0.15, 0.2) is 0 Å². The van der Waals surface area contributed by atoms with Crippen LogP contribution in [0.2, 0.25) is 0 Å². The van der Waals surface area contributed by atoms with Gasteiger partial charge < -0.3 is 35.6 Å². The van der Waals surface area contributed by atoms with E-state index in [1.165, 1.54) is 29.2 Å². The zero-order chi connectivity index (χ0) is 30.2. The van der Waals surface area contributed by atoms with E-state index in [1.54, 1.807) is 49.2 Å². The van der Waals surface area contributed by atoms with E-state index in [0.29, 0.717) is 34.9 Å². The number of benzene rings is 3. The number of anilines is 3. The summed E-state index contributed by atoms with van der Waals surface area (Å²) in [5.41, 5.74) is 2.06. The molecule has 0 radical (unpaired) electrons. The Balaban J connectivity index is 1.55. The lowest BCUT2D eigenvalue weighted by molar-refractivity contribution is -0.134. The highest BCUT2D eigenvalue weighted by atomic mass is 19.1. The van der Waals surface area contributed by atoms with Crippen molar-refractivity contribution in [3.63, 3.8) is 0 Å². The van der Waals surface area contributed by atoms with Crippen LogP contribution in [0, 0.1) is 11.7 Å². The van der Waals surface area contributed by atoms with Gasteiger partial charge in [0.2, 0.25) is 5.91 Å². The molecule has 3 aromatic carbocycles. The lowest BCUT2D eigenvalue weighted by Gasteiger charge is -2.34. The highest BCUT2D eigenvalue weighted by molar-refractivity contribution is 6.00. The van der Waals surface area contributed by atoms with Crippen molar-refractivity contribution in [3.8, 4) is 5.75 Å². The summed E-state index contributed by atoms with van der Waals surface area (Å²) in [5, 5.41) is 18.1. The highest BCUT2D eigenvalue weighted by Gasteiger charge is 2.32. The number of fused-ring (bicyclic) bond motifs is 1. The molecule has 222 valence electrons. The molecule has 1 aliphatic heterocycles. The number of carbonyl (C=O) groups excluding carboxylic acids is 3. The SMILES string of the molecule is C[C@@H]1CN([C@H](C)CO)C(=O)Cc2cc(NC(=O)Nc3ccc(F)cc3)ccc2O[C@H]1CN(C)C(=O)Nc1ccccc1. The third kappa shape index (κ3) is 7.97. The van der Waals surface area contributed by atoms with E-state index in [4.69, 9.17) is 4.74 Å². The molecule has 4 rings (SSSR count). The number of hydrogen-bond acceptors (Lipinski definition) is 5. The maximum atomic E-state index is 13.4. The maximum Gasteiger partial charge on any atom is 0.323 e. The summed E-state index contributed by atoms with van der Waals surface area (Å²) < 4.78 is 19.6. The Hall–Kier alpha value is -4.64. The van der Waals surface area contributed by atoms with Crippen LogP contribution in [0.15, 0.2) is 72.8 Å². The number of urea groups is 2. The van der Waals surface area contributed by atoms with Gasteiger partial charge in [-0.1, -0.05) is 25.1 Å². The van der Waals surface area contributed by atoms with E-state index < -0.39 is 24.0 Å². The zero-order valence-electron chi connectivity index (χ0n) is 23.8. The van der Waals surface area contributed by atoms with E-state index in [1.807, 2.05) is 25.1 Å². The fraction of sp³-hybridized carbons (Fsp3) is 0.323. The molecule has 0 unspecified atom stereocenters. The molecule has 10 nitrogen and oxygen atoms in total. The molecule has 5 amide bonds. The molecule has 1 aliphatic rings. The summed E-state index contributed by atoms with van der Waals surface area (Å²) in [6.45, 7) is 4.06. The minimum atomic E-state index is -0.537. The molecular formula is C31H36FN5O5. The van der Waals surface area contributed by atoms with Crippen molar-refractivity contribution in [3.05, 3.63) is 84.2 Å². The van der Waals surface area contributed by atoms with Crippen LogP contribution in [0.5, 0.6) is 5.75 Å². The van der Waals surface area contributed by atoms with E-state index in [0.717, 1.165) is 0 Å². The fourth-order valence-electron chi connectivity index (χ4n) is 4.65. The molecule has 3 aromatic rings. The second kappa shape index (κ2) is 13.8. The van der Waals surface area contributed by atoms with E-state index >= 15 is 0 Å². The highest BCUT2D eigenvalue weighted by Crippen LogP contribution is 2.29. The number of nitrogens with one attached hydrogen (secondary N) is 3. The van der Waals surface area contributed by atoms with Gasteiger partial charge in [0.1, 0.15) is 17.7 Å². The lowest BCUT2D eigenvalue weighted by Crippen LogP contribution is -2.48. The number of amides is 5. The molecule has 0 spiro atoms. The van der Waals surface area contributed by atoms with Gasteiger partial charge in [-0.2, -0.15) is 0 Å². The van der Waals surface area contributed by atoms with Crippen LogP contribution in [-0.2, 0) is 11.2 Å². The predicted molar refractivity (Wildman–Crippen MR) is 159 cm³/mol. The van der Waals surface area contributed by atoms with Gasteiger partial charge in [0.05, 0.1) is 25.6 Å². The first-order valence-corrected chi connectivity index (χ1v) is 13.7. The Morgan fingerprint density at radius 2 is 1.67 bits per heavy atom. The minimum Gasteiger partial charge on any atom is -0.488 e. The minimum absolute atomic E-state index is 0.0153. The molecule has 1 heterocycles. The summed E-state index contributed by atoms with van der Waals surface area (Å²) in [6, 6.07) is 18.2. The summed E-state index contributed by atoms with van der Waals surface area (Å²) in [6.07, 6.45) is -0.506. The van der Waals surface area contributed by atoms with E-state index in [2.05, 4.69) is 16.0 Å². The summed E-state index contributed by atoms with van der Waals surface area (Å²) in [4.78, 5) is 42.1. The van der Waals surface area contributed by atoms with Crippen molar-refractivity contribution in [2.24, 2.45) is 5.92 Å². The molecule has 0 saturated carbocycles. The number of aliphatic hydroxyl groups excluding tert-OH is 1. The van der Waals surface area contributed by atoms with E-state index in [-0.39, 0.29) is 37.4 Å². The summed E-state index contributed by atoms with van der Waals surface area (Å²) in [7, 11) is 1.67. The standard InChI is InChI=1S/C31H36FN5O5/c1-20-17-37(21(2)19-38)29(39)16-22-15-26(34-30(40)33-25-11-9-23(32)10-12-25)13-14-27(22)42-28(20)18-36(3)31(41)35-24-7-5-4-6-8-24/h4-15,20-21,28,38H,16-19H2,1-3H3,(H,35,41)(H2,33,34,40)/t20-,21-,28+/m1/s1. The van der Waals surface area contributed by atoms with Crippen LogP contribution in [0.4, 0.5) is 31.0 Å². The van der Waals surface area contributed by atoms with Crippen LogP contribution in [0.25, 0.3) is 0 Å². The number of likely N-dealkylation sites (N-methyl/N-ethyl adjacent to an activating group) is 1. The number of aliphatic hydroxyl groups is 1. The monoisotopic (exact) mass is 577 g/mol. The van der Waals surface area contributed by atoms with Crippen molar-refractivity contribution < 1.29 is 28.6 Å². The van der Waals surface area contributed by atoms with Gasteiger partial charge in [-0.05, 0) is 61.5 Å². The van der Waals surface area contributed by atoms with Crippen molar-refractivity contribution in [1.29, 1.82) is 0 Å². The van der Waals surface area contributed by atoms with Gasteiger partial charge in [-0.15, -0.1) is 0 Å². The van der Waals surface area contributed by atoms with Crippen molar-refractivity contribution in [1.82, 2.24) is 9.80 Å². The van der Waals surface area contributed by atoms with Crippen LogP contribution >= 0.6 is 0 Å². The third-order valence-electron chi connectivity index (χ3n) is 7.10. The largest absolute Gasteiger partial charge is 0.488 e. The van der Waals surface area contributed by atoms with Crippen molar-refractivity contribution in [2.45, 2.75) is 32.4 Å². The number of hydrogen-bond donors (Lipinski definition) is 4. The first-order chi connectivity index (χ1) is 20.1. The Kier molecular flexibility index (Phi) is 9.98. The first kappa shape index (κ1) is 30.3. The lowest BCUT2D eigenvalue weighted by atomic mass is 10.0. The second-order valence-corrected chi connectivity index (χ2v) is 10.5. The Morgan fingerprint density at radius 1 is 1.02 bits per heavy atom. The Labute approximate surface area is 244 Å². The molecule has 0 fully saturated rings. The number of carbonyl (C=O) groups is 3. The Morgan fingerprint density at radius 3 is 2.36 bits per heavy atom. The zero-order valence-corrected chi connectivity index (χ0v) is 23.8. The number of para-hydroxylation sites is 1. The van der Waals surface area contributed by atoms with Crippen molar-refractivity contribution in [2.75, 3.05) is 42.7 Å². The quantitative estimate of drug-likeness (QED) is 0.322. The predicted octanol–water partition coefficient (Wildman–Crippen LogP) is 4.78. The van der Waals surface area contributed by atoms with Gasteiger partial charge in [0.25, 0.3) is 0 Å². The third-order valence-corrected chi connectivity index (χ3v) is 7.10. The van der Waals surface area contributed by atoms with Crippen LogP contribution in [0.1, 0.15) is 19.4 Å². The second-order valence-electron chi connectivity index (χ2n) is 10.5. The summed E-state index contributed by atoms with van der Waals surface area (Å²) in [5.74, 6) is -0.347. The molecule has 0 aliphatic carbocycles. The molecule has 42 heavy (non-hydrogen) atoms. The average Bonchev–Trinajstić information content (AvgIpc) is 3.01. The molecule has 0 bridgehead atoms. The molecular weight excluding hydrogens is 541 g/mol. The number of nitrogens with zero attached hydrogens (tertiary/aromatic N) is 2. The van der Waals surface area contributed by atoms with Gasteiger partial charge >= 0.3 is 12.1 Å². The van der Waals surface area contributed by atoms with Crippen molar-refractivity contribution >= 4 is 35.0 Å². The molecule has 11 heteroatoms. The van der Waals surface area contributed by atoms with Crippen LogP contribution < -0.4 is 20.7 Å². The molecule has 0 aromatic heterocycles. The molecule has 3 atom stereocenters. The topological polar surface area (TPSA) is 123 Å². The van der Waals surface area contributed by atoms with Gasteiger partial charge in [0, 0.05) is 42.1 Å². The number of ether oxygens (including phenoxy) is 1. The smallest absolute Gasteiger partial charge is 0.323 e. The van der Waals surface area contributed by atoms with Gasteiger partial charge in [-0.25, -0.2) is 14.0 Å². The molecule has 4 N–H and O–H groups in total. The normalized spacial score (nSPS) is 17.5. The Bertz CT molecular complexity index is 1390. The summed E-state index contributed by atoms with van der Waals surface area (Å²) >= 11 is 0. The number of halogens is 1. The van der Waals surface area contributed by atoms with Gasteiger partial charge in [-0.3, -0.25) is 4.79 Å². The van der Waals surface area contributed by atoms with Crippen LogP contribution in [-0.4, -0.2) is 71.8 Å². The first-order valence-electron chi connectivity index (χ1n) is 13.7. The maximum absolute atomic E-state index is 13.4. The van der Waals surface area contributed by atoms with E-state index in [9.17, 15) is 23.9 Å². The number of rotatable bonds is 7.